The first-order chi connectivity index (χ1) is 10.5. The molecule has 0 fully saturated rings. The number of aryl methyl sites for hydroxylation is 1. The molecule has 0 amide bonds. The number of halogens is 1. The third-order valence-electron chi connectivity index (χ3n) is 2.81. The SMILES string of the molecule is Cc1cc(F)ccc1S(=O)(=O)Nc1nnc(-c2cccs2)o1. The highest BCUT2D eigenvalue weighted by atomic mass is 32.2. The first-order valence-electron chi connectivity index (χ1n) is 6.12. The Kier molecular flexibility index (Phi) is 3.67. The topological polar surface area (TPSA) is 85.1 Å². The van der Waals surface area contributed by atoms with Crippen LogP contribution in [0.2, 0.25) is 0 Å². The van der Waals surface area contributed by atoms with Crippen LogP contribution < -0.4 is 4.72 Å². The lowest BCUT2D eigenvalue weighted by atomic mass is 10.2. The van der Waals surface area contributed by atoms with E-state index in [9.17, 15) is 12.8 Å². The van der Waals surface area contributed by atoms with E-state index in [1.54, 1.807) is 6.07 Å². The molecule has 3 aromatic rings. The largest absolute Gasteiger partial charge is 0.402 e. The smallest absolute Gasteiger partial charge is 0.330 e. The van der Waals surface area contributed by atoms with Crippen LogP contribution in [0, 0.1) is 12.7 Å². The predicted molar refractivity (Wildman–Crippen MR) is 79.6 cm³/mol. The van der Waals surface area contributed by atoms with Gasteiger partial charge in [0.2, 0.25) is 0 Å². The summed E-state index contributed by atoms with van der Waals surface area (Å²) in [5.74, 6) is -0.280. The highest BCUT2D eigenvalue weighted by molar-refractivity contribution is 7.92. The molecule has 0 saturated heterocycles. The normalized spacial score (nSPS) is 11.5. The maximum absolute atomic E-state index is 13.1. The summed E-state index contributed by atoms with van der Waals surface area (Å²) in [6.45, 7) is 1.50. The summed E-state index contributed by atoms with van der Waals surface area (Å²) in [5.41, 5.74) is 0.283. The molecule has 114 valence electrons. The molecule has 2 heterocycles. The van der Waals surface area contributed by atoms with Crippen LogP contribution in [-0.4, -0.2) is 18.6 Å². The van der Waals surface area contributed by atoms with Crippen molar-refractivity contribution in [3.05, 3.63) is 47.1 Å². The van der Waals surface area contributed by atoms with E-state index in [1.165, 1.54) is 24.3 Å². The maximum atomic E-state index is 13.1. The minimum absolute atomic E-state index is 0.0511. The number of rotatable bonds is 4. The van der Waals surface area contributed by atoms with Gasteiger partial charge < -0.3 is 4.42 Å². The van der Waals surface area contributed by atoms with Crippen LogP contribution >= 0.6 is 11.3 Å². The second kappa shape index (κ2) is 5.50. The number of nitrogens with one attached hydrogen (secondary N) is 1. The molecule has 0 radical (unpaired) electrons. The summed E-state index contributed by atoms with van der Waals surface area (Å²) in [7, 11) is -3.93. The van der Waals surface area contributed by atoms with E-state index in [4.69, 9.17) is 4.42 Å². The molecule has 1 aromatic carbocycles. The molecule has 0 bridgehead atoms. The number of benzene rings is 1. The lowest BCUT2D eigenvalue weighted by Crippen LogP contribution is -2.14. The van der Waals surface area contributed by atoms with Crippen LogP contribution in [0.25, 0.3) is 10.8 Å². The Morgan fingerprint density at radius 2 is 2.09 bits per heavy atom. The Morgan fingerprint density at radius 3 is 2.77 bits per heavy atom. The fourth-order valence-electron chi connectivity index (χ4n) is 1.85. The van der Waals surface area contributed by atoms with E-state index in [-0.39, 0.29) is 22.4 Å². The van der Waals surface area contributed by atoms with Crippen molar-refractivity contribution in [1.82, 2.24) is 10.2 Å². The van der Waals surface area contributed by atoms with Crippen LogP contribution in [0.3, 0.4) is 0 Å². The molecule has 1 N–H and O–H groups in total. The Labute approximate surface area is 129 Å². The summed E-state index contributed by atoms with van der Waals surface area (Å²) in [5, 5.41) is 9.27. The molecule has 9 heteroatoms. The van der Waals surface area contributed by atoms with Gasteiger partial charge in [0.25, 0.3) is 15.9 Å². The van der Waals surface area contributed by atoms with Gasteiger partial charge in [-0.05, 0) is 42.1 Å². The van der Waals surface area contributed by atoms with Crippen molar-refractivity contribution in [3.8, 4) is 10.8 Å². The number of nitrogens with zero attached hydrogens (tertiary/aromatic N) is 2. The molecular formula is C13H10FN3O3S2. The van der Waals surface area contributed by atoms with Crippen LogP contribution in [0.15, 0.2) is 45.0 Å². The molecule has 6 nitrogen and oxygen atoms in total. The van der Waals surface area contributed by atoms with Crippen LogP contribution in [-0.2, 0) is 10.0 Å². The van der Waals surface area contributed by atoms with E-state index in [0.29, 0.717) is 0 Å². The summed E-state index contributed by atoms with van der Waals surface area (Å²) in [4.78, 5) is 0.681. The van der Waals surface area contributed by atoms with Gasteiger partial charge in [0.05, 0.1) is 9.77 Å². The number of hydrogen-bond donors (Lipinski definition) is 1. The van der Waals surface area contributed by atoms with E-state index in [2.05, 4.69) is 14.9 Å². The van der Waals surface area contributed by atoms with Crippen molar-refractivity contribution in [2.24, 2.45) is 0 Å². The molecule has 0 atom stereocenters. The average molecular weight is 339 g/mol. The number of sulfonamides is 1. The predicted octanol–water partition coefficient (Wildman–Crippen LogP) is 3.05. The van der Waals surface area contributed by atoms with Crippen molar-refractivity contribution in [3.63, 3.8) is 0 Å². The highest BCUT2D eigenvalue weighted by Gasteiger charge is 2.20. The lowest BCUT2D eigenvalue weighted by molar-refractivity contribution is 0.577. The van der Waals surface area contributed by atoms with Crippen LogP contribution in [0.5, 0.6) is 0 Å². The number of aromatic nitrogens is 2. The van der Waals surface area contributed by atoms with Gasteiger partial charge in [-0.1, -0.05) is 11.2 Å². The molecule has 0 aliphatic rings. The Bertz CT molecular complexity index is 905. The molecule has 3 rings (SSSR count). The average Bonchev–Trinajstić information content (AvgIpc) is 3.07. The molecule has 2 aromatic heterocycles. The zero-order chi connectivity index (χ0) is 15.7. The second-order valence-corrected chi connectivity index (χ2v) is 7.00. The van der Waals surface area contributed by atoms with Crippen molar-refractivity contribution in [2.75, 3.05) is 4.72 Å². The van der Waals surface area contributed by atoms with E-state index < -0.39 is 15.8 Å². The van der Waals surface area contributed by atoms with Crippen molar-refractivity contribution < 1.29 is 17.2 Å². The molecule has 0 unspecified atom stereocenters. The third kappa shape index (κ3) is 2.85. The quantitative estimate of drug-likeness (QED) is 0.789. The van der Waals surface area contributed by atoms with E-state index in [1.807, 2.05) is 11.4 Å². The number of thiophene rings is 1. The standard InChI is InChI=1S/C13H10FN3O3S2/c1-8-7-9(14)4-5-11(8)22(18,19)17-13-16-15-12(20-13)10-3-2-6-21-10/h2-7H,1H3,(H,16,17). The maximum Gasteiger partial charge on any atom is 0.330 e. The Balaban J connectivity index is 1.89. The minimum Gasteiger partial charge on any atom is -0.402 e. The van der Waals surface area contributed by atoms with Crippen LogP contribution in [0.4, 0.5) is 10.4 Å². The zero-order valence-corrected chi connectivity index (χ0v) is 12.9. The van der Waals surface area contributed by atoms with Gasteiger partial charge in [0, 0.05) is 0 Å². The van der Waals surface area contributed by atoms with Crippen molar-refractivity contribution >= 4 is 27.4 Å². The van der Waals surface area contributed by atoms with Gasteiger partial charge >= 0.3 is 6.01 Å². The van der Waals surface area contributed by atoms with Crippen molar-refractivity contribution in [1.29, 1.82) is 0 Å². The minimum atomic E-state index is -3.93. The molecule has 22 heavy (non-hydrogen) atoms. The van der Waals surface area contributed by atoms with Crippen molar-refractivity contribution in [2.45, 2.75) is 11.8 Å². The molecule has 0 saturated carbocycles. The number of hydrogen-bond acceptors (Lipinski definition) is 6. The van der Waals surface area contributed by atoms with Gasteiger partial charge in [-0.3, -0.25) is 0 Å². The monoisotopic (exact) mass is 339 g/mol. The summed E-state index contributed by atoms with van der Waals surface area (Å²) in [6.07, 6.45) is 0. The fourth-order valence-corrected chi connectivity index (χ4v) is 3.65. The first-order valence-corrected chi connectivity index (χ1v) is 8.48. The van der Waals surface area contributed by atoms with Gasteiger partial charge in [-0.25, -0.2) is 17.5 Å². The van der Waals surface area contributed by atoms with Gasteiger partial charge in [0.15, 0.2) is 0 Å². The third-order valence-corrected chi connectivity index (χ3v) is 5.14. The molecule has 0 aliphatic heterocycles. The molecule has 0 spiro atoms. The van der Waals surface area contributed by atoms with Gasteiger partial charge in [0.1, 0.15) is 5.82 Å². The first kappa shape index (κ1) is 14.7. The lowest BCUT2D eigenvalue weighted by Gasteiger charge is -2.07. The highest BCUT2D eigenvalue weighted by Crippen LogP contribution is 2.26. The fraction of sp³-hybridized carbons (Fsp3) is 0.0769. The second-order valence-electron chi connectivity index (χ2n) is 4.40. The van der Waals surface area contributed by atoms with Gasteiger partial charge in [-0.15, -0.1) is 16.4 Å². The zero-order valence-electron chi connectivity index (χ0n) is 11.3. The van der Waals surface area contributed by atoms with Gasteiger partial charge in [-0.2, -0.15) is 0 Å². The molecule has 0 aliphatic carbocycles. The van der Waals surface area contributed by atoms with E-state index >= 15 is 0 Å². The number of anilines is 1. The Hall–Kier alpha value is -2.26. The van der Waals surface area contributed by atoms with E-state index in [0.717, 1.165) is 17.0 Å². The summed E-state index contributed by atoms with van der Waals surface area (Å²) in [6, 6.07) is 6.75. The summed E-state index contributed by atoms with van der Waals surface area (Å²) < 4.78 is 45.1. The van der Waals surface area contributed by atoms with Crippen LogP contribution in [0.1, 0.15) is 5.56 Å². The summed E-state index contributed by atoms with van der Waals surface area (Å²) >= 11 is 1.39. The Morgan fingerprint density at radius 1 is 1.27 bits per heavy atom. The molecular weight excluding hydrogens is 329 g/mol.